The largest absolute Gasteiger partial charge is 0.447 e. The predicted octanol–water partition coefficient (Wildman–Crippen LogP) is 5.97. The van der Waals surface area contributed by atoms with Crippen molar-refractivity contribution in [3.63, 3.8) is 0 Å². The number of esters is 1. The minimum Gasteiger partial charge on any atom is -0.447 e. The molecule has 1 atom stereocenters. The summed E-state index contributed by atoms with van der Waals surface area (Å²) in [6, 6.07) is 6.15. The molecule has 0 aliphatic carbocycles. The standard InChI is InChI=1S/C25H20Cl2F4N2O4/c1-12(2)5-20(34)33-10-23(11-33)16-4-3-13(6-15(16)22(35)36-23)19-9-24(37-32-19,25(29,30)31)14-7-17(26)21(28)18(27)8-14/h3-4,6-8,12H,5,9-11H2,1-2H3. The Morgan fingerprint density at radius 1 is 1.16 bits per heavy atom. The van der Waals surface area contributed by atoms with Gasteiger partial charge >= 0.3 is 12.1 Å². The highest BCUT2D eigenvalue weighted by atomic mass is 35.5. The third-order valence-corrected chi connectivity index (χ3v) is 7.37. The number of halogens is 6. The summed E-state index contributed by atoms with van der Waals surface area (Å²) in [7, 11) is 0. The van der Waals surface area contributed by atoms with Crippen molar-refractivity contribution in [2.45, 2.75) is 44.1 Å². The fourth-order valence-electron chi connectivity index (χ4n) is 4.88. The summed E-state index contributed by atoms with van der Waals surface area (Å²) in [5.74, 6) is -1.53. The first-order chi connectivity index (χ1) is 17.3. The lowest BCUT2D eigenvalue weighted by Gasteiger charge is -2.46. The SMILES string of the molecule is CC(C)CC(=O)N1CC2(C1)OC(=O)c1cc(C3=NOC(c4cc(Cl)c(F)c(Cl)c4)(C(F)(F)F)C3)ccc12. The maximum absolute atomic E-state index is 14.3. The molecule has 2 aromatic rings. The zero-order valence-electron chi connectivity index (χ0n) is 19.6. The summed E-state index contributed by atoms with van der Waals surface area (Å²) in [4.78, 5) is 31.6. The van der Waals surface area contributed by atoms with Crippen molar-refractivity contribution >= 4 is 40.8 Å². The van der Waals surface area contributed by atoms with Crippen LogP contribution >= 0.6 is 23.2 Å². The van der Waals surface area contributed by atoms with Gasteiger partial charge in [-0.05, 0) is 24.1 Å². The van der Waals surface area contributed by atoms with Crippen LogP contribution in [0.4, 0.5) is 17.6 Å². The molecule has 3 aliphatic rings. The first-order valence-corrected chi connectivity index (χ1v) is 12.1. The fourth-order valence-corrected chi connectivity index (χ4v) is 5.37. The van der Waals surface area contributed by atoms with Crippen molar-refractivity contribution in [2.75, 3.05) is 13.1 Å². The molecular weight excluding hydrogens is 539 g/mol. The van der Waals surface area contributed by atoms with Gasteiger partial charge in [0.1, 0.15) is 0 Å². The van der Waals surface area contributed by atoms with Crippen LogP contribution in [0.2, 0.25) is 10.0 Å². The minimum atomic E-state index is -4.96. The van der Waals surface area contributed by atoms with Crippen LogP contribution in [0.15, 0.2) is 35.5 Å². The number of amides is 1. The molecule has 5 rings (SSSR count). The van der Waals surface area contributed by atoms with Gasteiger partial charge in [-0.2, -0.15) is 13.2 Å². The number of oxime groups is 1. The predicted molar refractivity (Wildman–Crippen MR) is 126 cm³/mol. The van der Waals surface area contributed by atoms with Crippen LogP contribution in [0.3, 0.4) is 0 Å². The van der Waals surface area contributed by atoms with Crippen LogP contribution in [0, 0.1) is 11.7 Å². The summed E-state index contributed by atoms with van der Waals surface area (Å²) in [5.41, 5.74) is -3.52. The zero-order valence-corrected chi connectivity index (χ0v) is 21.1. The van der Waals surface area contributed by atoms with E-state index in [0.29, 0.717) is 12.0 Å². The number of rotatable bonds is 4. The first kappa shape index (κ1) is 25.8. The molecule has 1 unspecified atom stereocenters. The van der Waals surface area contributed by atoms with E-state index >= 15 is 0 Å². The lowest BCUT2D eigenvalue weighted by Crippen LogP contribution is -2.61. The van der Waals surface area contributed by atoms with Crippen molar-refractivity contribution in [2.24, 2.45) is 11.1 Å². The molecule has 37 heavy (non-hydrogen) atoms. The highest BCUT2D eigenvalue weighted by Crippen LogP contribution is 2.51. The van der Waals surface area contributed by atoms with E-state index < -0.39 is 51.2 Å². The summed E-state index contributed by atoms with van der Waals surface area (Å²) < 4.78 is 62.3. The van der Waals surface area contributed by atoms with Crippen LogP contribution in [0.5, 0.6) is 0 Å². The van der Waals surface area contributed by atoms with Gasteiger partial charge in [-0.3, -0.25) is 4.79 Å². The summed E-state index contributed by atoms with van der Waals surface area (Å²) in [5, 5.41) is 2.50. The van der Waals surface area contributed by atoms with Gasteiger partial charge in [0.2, 0.25) is 5.91 Å². The van der Waals surface area contributed by atoms with Gasteiger partial charge in [0.05, 0.1) is 34.4 Å². The number of nitrogens with zero attached hydrogens (tertiary/aromatic N) is 2. The molecule has 1 amide bonds. The molecule has 1 saturated heterocycles. The smallest absolute Gasteiger partial charge is 0.435 e. The van der Waals surface area contributed by atoms with Crippen LogP contribution in [-0.2, 0) is 25.6 Å². The topological polar surface area (TPSA) is 68.2 Å². The lowest BCUT2D eigenvalue weighted by atomic mass is 9.82. The third kappa shape index (κ3) is 4.05. The van der Waals surface area contributed by atoms with Gasteiger partial charge in [-0.15, -0.1) is 0 Å². The molecule has 0 radical (unpaired) electrons. The average molecular weight is 559 g/mol. The Morgan fingerprint density at radius 3 is 2.41 bits per heavy atom. The molecule has 1 spiro atoms. The van der Waals surface area contributed by atoms with E-state index in [9.17, 15) is 27.2 Å². The molecule has 3 heterocycles. The van der Waals surface area contributed by atoms with Crippen molar-refractivity contribution in [1.82, 2.24) is 4.90 Å². The molecule has 196 valence electrons. The van der Waals surface area contributed by atoms with E-state index in [-0.39, 0.29) is 41.8 Å². The Morgan fingerprint density at radius 2 is 1.81 bits per heavy atom. The Bertz CT molecular complexity index is 1330. The van der Waals surface area contributed by atoms with Gasteiger partial charge in [-0.1, -0.05) is 54.3 Å². The summed E-state index contributed by atoms with van der Waals surface area (Å²) >= 11 is 11.5. The number of alkyl halides is 3. The van der Waals surface area contributed by atoms with E-state index in [1.165, 1.54) is 12.1 Å². The first-order valence-electron chi connectivity index (χ1n) is 11.4. The maximum atomic E-state index is 14.3. The van der Waals surface area contributed by atoms with E-state index in [0.717, 1.165) is 12.1 Å². The summed E-state index contributed by atoms with van der Waals surface area (Å²) in [6.07, 6.45) is -5.34. The Kier molecular flexibility index (Phi) is 5.99. The maximum Gasteiger partial charge on any atom is 0.435 e. The highest BCUT2D eigenvalue weighted by Gasteiger charge is 2.63. The molecular formula is C25H20Cl2F4N2O4. The zero-order chi connectivity index (χ0) is 26.9. The third-order valence-electron chi connectivity index (χ3n) is 6.82. The minimum absolute atomic E-state index is 0.0382. The van der Waals surface area contributed by atoms with Gasteiger partial charge in [0, 0.05) is 29.5 Å². The highest BCUT2D eigenvalue weighted by molar-refractivity contribution is 6.35. The number of ether oxygens (including phenoxy) is 1. The van der Waals surface area contributed by atoms with Gasteiger partial charge in [0.15, 0.2) is 11.4 Å². The number of benzene rings is 2. The Balaban J connectivity index is 1.42. The second-order valence-electron chi connectivity index (χ2n) is 9.88. The van der Waals surface area contributed by atoms with Crippen LogP contribution in [0.25, 0.3) is 0 Å². The van der Waals surface area contributed by atoms with Crippen molar-refractivity contribution in [3.05, 3.63) is 68.4 Å². The normalized spacial score (nSPS) is 22.0. The van der Waals surface area contributed by atoms with Crippen molar-refractivity contribution in [3.8, 4) is 0 Å². The molecule has 6 nitrogen and oxygen atoms in total. The Labute approximate surface area is 219 Å². The average Bonchev–Trinajstić information content (AvgIpc) is 3.36. The van der Waals surface area contributed by atoms with E-state index in [1.807, 2.05) is 13.8 Å². The van der Waals surface area contributed by atoms with Gasteiger partial charge < -0.3 is 14.5 Å². The molecule has 0 saturated carbocycles. The quantitative estimate of drug-likeness (QED) is 0.263. The van der Waals surface area contributed by atoms with E-state index in [2.05, 4.69) is 5.16 Å². The van der Waals surface area contributed by atoms with E-state index in [1.54, 1.807) is 11.0 Å². The number of likely N-dealkylation sites (tertiary alicyclic amines) is 1. The molecule has 0 N–H and O–H groups in total. The molecule has 12 heteroatoms. The number of fused-ring (bicyclic) bond motifs is 2. The van der Waals surface area contributed by atoms with Crippen molar-refractivity contribution < 1.29 is 36.7 Å². The number of carbonyl (C=O) groups is 2. The Hall–Kier alpha value is -2.85. The molecule has 2 aromatic carbocycles. The second kappa shape index (κ2) is 8.59. The number of carbonyl (C=O) groups excluding carboxylic acids is 2. The van der Waals surface area contributed by atoms with Crippen LogP contribution in [0.1, 0.15) is 53.7 Å². The lowest BCUT2D eigenvalue weighted by molar-refractivity contribution is -0.275. The number of hydrogen-bond acceptors (Lipinski definition) is 5. The second-order valence-corrected chi connectivity index (χ2v) is 10.7. The molecule has 0 aromatic heterocycles. The van der Waals surface area contributed by atoms with Gasteiger partial charge in [0.25, 0.3) is 5.60 Å². The molecule has 3 aliphatic heterocycles. The molecule has 1 fully saturated rings. The summed E-state index contributed by atoms with van der Waals surface area (Å²) in [6.45, 7) is 4.29. The van der Waals surface area contributed by atoms with Gasteiger partial charge in [-0.25, -0.2) is 9.18 Å². The number of hydrogen-bond donors (Lipinski definition) is 0. The van der Waals surface area contributed by atoms with Crippen LogP contribution in [-0.4, -0.2) is 41.8 Å². The molecule has 0 bridgehead atoms. The van der Waals surface area contributed by atoms with Crippen molar-refractivity contribution in [1.29, 1.82) is 0 Å². The monoisotopic (exact) mass is 558 g/mol. The van der Waals surface area contributed by atoms with Crippen LogP contribution < -0.4 is 0 Å². The fraction of sp³-hybridized carbons (Fsp3) is 0.400. The van der Waals surface area contributed by atoms with E-state index in [4.69, 9.17) is 32.8 Å².